The lowest BCUT2D eigenvalue weighted by Crippen LogP contribution is -2.30. The fraction of sp³-hybridized carbons (Fsp3) is 0.321. The molecule has 0 saturated heterocycles. The number of rotatable bonds is 11. The fourth-order valence-electron chi connectivity index (χ4n) is 4.10. The van der Waals surface area contributed by atoms with E-state index >= 15 is 0 Å². The Balaban J connectivity index is 2.16. The highest BCUT2D eigenvalue weighted by Crippen LogP contribution is 2.41. The summed E-state index contributed by atoms with van der Waals surface area (Å²) in [5.41, 5.74) is 3.22. The molecule has 0 heterocycles. The normalized spacial score (nSPS) is 12.4. The van der Waals surface area contributed by atoms with Crippen LogP contribution in [0.3, 0.4) is 0 Å². The molecule has 3 aromatic carbocycles. The van der Waals surface area contributed by atoms with E-state index in [1.807, 2.05) is 43.3 Å². The quantitative estimate of drug-likeness (QED) is 0.395. The zero-order valence-corrected chi connectivity index (χ0v) is 21.0. The van der Waals surface area contributed by atoms with Crippen molar-refractivity contribution in [1.82, 2.24) is 0 Å². The number of aliphatic hydroxyl groups is 1. The number of ether oxygens (including phenoxy) is 5. The van der Waals surface area contributed by atoms with Crippen LogP contribution in [0.15, 0.2) is 54.6 Å². The van der Waals surface area contributed by atoms with Crippen LogP contribution < -0.4 is 23.7 Å². The van der Waals surface area contributed by atoms with Crippen LogP contribution >= 0.6 is 0 Å². The van der Waals surface area contributed by atoms with Crippen molar-refractivity contribution in [3.8, 4) is 28.7 Å². The van der Waals surface area contributed by atoms with Gasteiger partial charge >= 0.3 is 0 Å². The van der Waals surface area contributed by atoms with Gasteiger partial charge in [-0.3, -0.25) is 4.79 Å². The molecule has 3 aromatic rings. The van der Waals surface area contributed by atoms with E-state index in [1.54, 1.807) is 39.5 Å². The highest BCUT2D eigenvalue weighted by molar-refractivity contribution is 5.94. The monoisotopic (exact) mass is 480 g/mol. The lowest BCUT2D eigenvalue weighted by atomic mass is 9.85. The summed E-state index contributed by atoms with van der Waals surface area (Å²) in [4.78, 5) is 11.8. The summed E-state index contributed by atoms with van der Waals surface area (Å²) in [6, 6.07) is 16.5. The van der Waals surface area contributed by atoms with Crippen molar-refractivity contribution in [3.63, 3.8) is 0 Å². The SMILES string of the molecule is COc1ccc(C(c2cc(C)ccc2OC)C(CO)Oc2ccc(C(C)=O)cc2OC)cc1OC. The second-order valence-electron chi connectivity index (χ2n) is 8.10. The molecule has 0 aliphatic carbocycles. The molecule has 35 heavy (non-hydrogen) atoms. The van der Waals surface area contributed by atoms with Gasteiger partial charge in [-0.25, -0.2) is 0 Å². The Morgan fingerprint density at radius 1 is 0.771 bits per heavy atom. The number of carbonyl (C=O) groups excluding carboxylic acids is 1. The molecule has 3 rings (SSSR count). The number of hydrogen-bond acceptors (Lipinski definition) is 7. The second-order valence-corrected chi connectivity index (χ2v) is 8.10. The number of methoxy groups -OCH3 is 4. The lowest BCUT2D eigenvalue weighted by molar-refractivity contribution is 0.0982. The molecule has 0 aliphatic rings. The van der Waals surface area contributed by atoms with Crippen molar-refractivity contribution in [3.05, 3.63) is 76.9 Å². The minimum Gasteiger partial charge on any atom is -0.496 e. The molecule has 0 amide bonds. The minimum atomic E-state index is -0.721. The molecule has 0 bridgehead atoms. The van der Waals surface area contributed by atoms with Crippen molar-refractivity contribution in [2.24, 2.45) is 0 Å². The standard InChI is InChI=1S/C28H32O7/c1-17-7-10-22(31-3)21(13-17)28(20-9-11-23(32-4)25(15-20)33-5)27(16-29)35-24-12-8-19(18(2)30)14-26(24)34-6/h7-15,27-29H,16H2,1-6H3. The summed E-state index contributed by atoms with van der Waals surface area (Å²) < 4.78 is 28.5. The maximum atomic E-state index is 11.8. The molecule has 1 N–H and O–H groups in total. The molecule has 0 radical (unpaired) electrons. The average Bonchev–Trinajstić information content (AvgIpc) is 2.88. The van der Waals surface area contributed by atoms with Crippen molar-refractivity contribution < 1.29 is 33.6 Å². The van der Waals surface area contributed by atoms with Crippen LogP contribution in [-0.4, -0.2) is 52.0 Å². The first-order valence-corrected chi connectivity index (χ1v) is 11.2. The molecular formula is C28H32O7. The third kappa shape index (κ3) is 5.69. The maximum absolute atomic E-state index is 11.8. The molecule has 7 nitrogen and oxygen atoms in total. The molecule has 2 unspecified atom stereocenters. The fourth-order valence-corrected chi connectivity index (χ4v) is 4.10. The van der Waals surface area contributed by atoms with Crippen LogP contribution in [0.5, 0.6) is 28.7 Å². The van der Waals surface area contributed by atoms with Crippen molar-refractivity contribution in [1.29, 1.82) is 0 Å². The number of Topliss-reactive ketones (excluding diaryl/α,β-unsaturated/α-hetero) is 1. The van der Waals surface area contributed by atoms with Crippen LogP contribution in [0.1, 0.15) is 39.9 Å². The zero-order valence-electron chi connectivity index (χ0n) is 21.0. The Hall–Kier alpha value is -3.71. The smallest absolute Gasteiger partial charge is 0.161 e. The first kappa shape index (κ1) is 25.9. The highest BCUT2D eigenvalue weighted by Gasteiger charge is 2.31. The van der Waals surface area contributed by atoms with Crippen LogP contribution in [0, 0.1) is 6.92 Å². The topological polar surface area (TPSA) is 83.5 Å². The molecule has 0 fully saturated rings. The lowest BCUT2D eigenvalue weighted by Gasteiger charge is -2.30. The largest absolute Gasteiger partial charge is 0.496 e. The Labute approximate surface area is 206 Å². The van der Waals surface area contributed by atoms with Crippen molar-refractivity contribution >= 4 is 5.78 Å². The van der Waals surface area contributed by atoms with Crippen LogP contribution in [0.2, 0.25) is 0 Å². The van der Waals surface area contributed by atoms with E-state index < -0.39 is 12.0 Å². The van der Waals surface area contributed by atoms with E-state index in [4.69, 9.17) is 23.7 Å². The van der Waals surface area contributed by atoms with Crippen LogP contribution in [0.25, 0.3) is 0 Å². The van der Waals surface area contributed by atoms with Gasteiger partial charge in [0, 0.05) is 11.1 Å². The van der Waals surface area contributed by atoms with Crippen molar-refractivity contribution in [2.45, 2.75) is 25.9 Å². The third-order valence-corrected chi connectivity index (χ3v) is 5.89. The maximum Gasteiger partial charge on any atom is 0.161 e. The number of carbonyl (C=O) groups is 1. The third-order valence-electron chi connectivity index (χ3n) is 5.89. The summed E-state index contributed by atoms with van der Waals surface area (Å²) in [6.45, 7) is 3.18. The van der Waals surface area contributed by atoms with E-state index in [2.05, 4.69) is 0 Å². The number of benzene rings is 3. The molecule has 0 spiro atoms. The van der Waals surface area contributed by atoms with Gasteiger partial charge in [-0.15, -0.1) is 0 Å². The molecule has 0 saturated carbocycles. The summed E-state index contributed by atoms with van der Waals surface area (Å²) >= 11 is 0. The van der Waals surface area contributed by atoms with Gasteiger partial charge in [0.25, 0.3) is 0 Å². The van der Waals surface area contributed by atoms with Gasteiger partial charge in [0.05, 0.1) is 41.0 Å². The number of ketones is 1. The number of aryl methyl sites for hydroxylation is 1. The highest BCUT2D eigenvalue weighted by atomic mass is 16.5. The molecule has 7 heteroatoms. The predicted octanol–water partition coefficient (Wildman–Crippen LogP) is 4.80. The Morgan fingerprint density at radius 2 is 1.37 bits per heavy atom. The van der Waals surface area contributed by atoms with Crippen molar-refractivity contribution in [2.75, 3.05) is 35.0 Å². The zero-order chi connectivity index (χ0) is 25.5. The predicted molar refractivity (Wildman–Crippen MR) is 134 cm³/mol. The molecular weight excluding hydrogens is 448 g/mol. The van der Waals surface area contributed by atoms with Gasteiger partial charge in [-0.05, 0) is 55.8 Å². The Morgan fingerprint density at radius 3 is 1.97 bits per heavy atom. The summed E-state index contributed by atoms with van der Waals surface area (Å²) in [6.07, 6.45) is -0.721. The van der Waals surface area contributed by atoms with E-state index in [1.165, 1.54) is 14.0 Å². The number of aliphatic hydroxyl groups excluding tert-OH is 1. The Bertz CT molecular complexity index is 1170. The van der Waals surface area contributed by atoms with Crippen LogP contribution in [0.4, 0.5) is 0 Å². The van der Waals surface area contributed by atoms with Gasteiger partial charge in [-0.1, -0.05) is 23.8 Å². The molecule has 0 aliphatic heterocycles. The second kappa shape index (κ2) is 11.6. The van der Waals surface area contributed by atoms with E-state index in [9.17, 15) is 9.90 Å². The van der Waals surface area contributed by atoms with E-state index in [-0.39, 0.29) is 12.4 Å². The van der Waals surface area contributed by atoms with Crippen LogP contribution in [-0.2, 0) is 0 Å². The first-order chi connectivity index (χ1) is 16.9. The first-order valence-electron chi connectivity index (χ1n) is 11.2. The summed E-state index contributed by atoms with van der Waals surface area (Å²) in [5.74, 6) is 2.10. The van der Waals surface area contributed by atoms with E-state index in [0.717, 1.165) is 16.7 Å². The summed E-state index contributed by atoms with van der Waals surface area (Å²) in [5, 5.41) is 10.5. The molecule has 2 atom stereocenters. The Kier molecular flexibility index (Phi) is 8.60. The molecule has 0 aromatic heterocycles. The molecule has 186 valence electrons. The van der Waals surface area contributed by atoms with E-state index in [0.29, 0.717) is 34.3 Å². The summed E-state index contributed by atoms with van der Waals surface area (Å²) in [7, 11) is 6.27. The number of hydrogen-bond donors (Lipinski definition) is 1. The van der Waals surface area contributed by atoms with Gasteiger partial charge in [0.15, 0.2) is 28.8 Å². The average molecular weight is 481 g/mol. The van der Waals surface area contributed by atoms with Gasteiger partial charge < -0.3 is 28.8 Å². The van der Waals surface area contributed by atoms with Gasteiger partial charge in [0.2, 0.25) is 0 Å². The minimum absolute atomic E-state index is 0.0822. The van der Waals surface area contributed by atoms with Gasteiger partial charge in [0.1, 0.15) is 11.9 Å². The van der Waals surface area contributed by atoms with Gasteiger partial charge in [-0.2, -0.15) is 0 Å².